The predicted octanol–water partition coefficient (Wildman–Crippen LogP) is 1.41. The Morgan fingerprint density at radius 3 is 2.71 bits per heavy atom. The maximum atomic E-state index is 11.3. The molecule has 1 aromatic carbocycles. The Balaban J connectivity index is 0.000000980. The van der Waals surface area contributed by atoms with Gasteiger partial charge < -0.3 is 10.7 Å². The third-order valence-corrected chi connectivity index (χ3v) is 2.05. The zero-order chi connectivity index (χ0) is 9.26. The first kappa shape index (κ1) is 10.8. The maximum absolute atomic E-state index is 11.3. The van der Waals surface area contributed by atoms with E-state index in [9.17, 15) is 4.79 Å². The Morgan fingerprint density at radius 2 is 2.00 bits per heavy atom. The molecule has 0 aliphatic rings. The van der Waals surface area contributed by atoms with E-state index in [1.165, 1.54) is 0 Å². The highest BCUT2D eigenvalue weighted by molar-refractivity contribution is 5.85. The first-order valence-corrected chi connectivity index (χ1v) is 4.12. The fraction of sp³-hybridized carbons (Fsp3) is 0.100. The second-order valence-corrected chi connectivity index (χ2v) is 2.92. The molecular formula is C10H11ClN2O. The Kier molecular flexibility index (Phi) is 3.28. The van der Waals surface area contributed by atoms with Crippen molar-refractivity contribution in [2.24, 2.45) is 5.73 Å². The third kappa shape index (κ3) is 1.78. The van der Waals surface area contributed by atoms with Crippen molar-refractivity contribution in [3.8, 4) is 0 Å². The molecule has 0 bridgehead atoms. The Hall–Kier alpha value is -1.32. The van der Waals surface area contributed by atoms with Gasteiger partial charge in [0.25, 0.3) is 5.56 Å². The lowest BCUT2D eigenvalue weighted by atomic mass is 10.1. The molecule has 0 amide bonds. The van der Waals surface area contributed by atoms with Crippen LogP contribution in [-0.2, 0) is 6.54 Å². The van der Waals surface area contributed by atoms with E-state index in [-0.39, 0.29) is 24.5 Å². The summed E-state index contributed by atoms with van der Waals surface area (Å²) in [6.07, 6.45) is 0. The number of rotatable bonds is 1. The van der Waals surface area contributed by atoms with Crippen molar-refractivity contribution >= 4 is 23.3 Å². The number of pyridine rings is 1. The molecule has 0 saturated heterocycles. The third-order valence-electron chi connectivity index (χ3n) is 2.05. The van der Waals surface area contributed by atoms with Gasteiger partial charge in [0, 0.05) is 17.6 Å². The number of hydrogen-bond donors (Lipinski definition) is 2. The molecule has 1 heterocycles. The number of halogens is 1. The van der Waals surface area contributed by atoms with E-state index in [0.29, 0.717) is 5.56 Å². The van der Waals surface area contributed by atoms with Crippen LogP contribution in [0, 0.1) is 0 Å². The smallest absolute Gasteiger partial charge is 0.252 e. The number of para-hydroxylation sites is 1. The first-order chi connectivity index (χ1) is 6.31. The van der Waals surface area contributed by atoms with Crippen LogP contribution in [0.3, 0.4) is 0 Å². The first-order valence-electron chi connectivity index (χ1n) is 4.12. The van der Waals surface area contributed by atoms with Gasteiger partial charge in [0.05, 0.1) is 0 Å². The highest BCUT2D eigenvalue weighted by Gasteiger charge is 1.98. The van der Waals surface area contributed by atoms with Crippen LogP contribution in [0.1, 0.15) is 5.56 Å². The normalized spacial score (nSPS) is 9.79. The Morgan fingerprint density at radius 1 is 1.29 bits per heavy atom. The van der Waals surface area contributed by atoms with Crippen molar-refractivity contribution in [1.29, 1.82) is 0 Å². The number of aromatic nitrogens is 1. The zero-order valence-corrected chi connectivity index (χ0v) is 8.30. The van der Waals surface area contributed by atoms with Crippen LogP contribution in [0.5, 0.6) is 0 Å². The van der Waals surface area contributed by atoms with Gasteiger partial charge in [0.15, 0.2) is 0 Å². The van der Waals surface area contributed by atoms with Crippen LogP contribution in [0.25, 0.3) is 10.9 Å². The standard InChI is InChI=1S/C10H10N2O.ClH/c11-6-8-5-7-3-1-2-4-9(7)12-10(8)13;/h1-5H,6,11H2,(H,12,13);1H. The lowest BCUT2D eigenvalue weighted by molar-refractivity contribution is 1.03. The molecule has 3 N–H and O–H groups in total. The van der Waals surface area contributed by atoms with Gasteiger partial charge in [-0.3, -0.25) is 4.79 Å². The van der Waals surface area contributed by atoms with Crippen molar-refractivity contribution in [2.45, 2.75) is 6.54 Å². The molecule has 2 rings (SSSR count). The molecule has 0 spiro atoms. The minimum Gasteiger partial charge on any atom is -0.326 e. The number of benzene rings is 1. The molecule has 14 heavy (non-hydrogen) atoms. The molecule has 0 saturated carbocycles. The lowest BCUT2D eigenvalue weighted by Gasteiger charge is -1.99. The summed E-state index contributed by atoms with van der Waals surface area (Å²) in [4.78, 5) is 14.1. The van der Waals surface area contributed by atoms with Crippen LogP contribution in [-0.4, -0.2) is 4.98 Å². The maximum Gasteiger partial charge on any atom is 0.252 e. The van der Waals surface area contributed by atoms with Crippen molar-refractivity contribution in [2.75, 3.05) is 0 Å². The average Bonchev–Trinajstić information content (AvgIpc) is 2.17. The van der Waals surface area contributed by atoms with E-state index in [0.717, 1.165) is 10.9 Å². The zero-order valence-electron chi connectivity index (χ0n) is 7.49. The molecule has 2 aromatic rings. The topological polar surface area (TPSA) is 58.9 Å². The fourth-order valence-electron chi connectivity index (χ4n) is 1.34. The van der Waals surface area contributed by atoms with E-state index in [1.807, 2.05) is 30.3 Å². The van der Waals surface area contributed by atoms with Gasteiger partial charge in [0.1, 0.15) is 0 Å². The Labute approximate surface area is 87.4 Å². The van der Waals surface area contributed by atoms with Crippen molar-refractivity contribution in [3.05, 3.63) is 46.2 Å². The summed E-state index contributed by atoms with van der Waals surface area (Å²) in [5.41, 5.74) is 6.80. The largest absolute Gasteiger partial charge is 0.326 e. The second-order valence-electron chi connectivity index (χ2n) is 2.92. The van der Waals surface area contributed by atoms with Crippen LogP contribution in [0.15, 0.2) is 35.1 Å². The van der Waals surface area contributed by atoms with Gasteiger partial charge in [0.2, 0.25) is 0 Å². The number of hydrogen-bond acceptors (Lipinski definition) is 2. The van der Waals surface area contributed by atoms with E-state index in [2.05, 4.69) is 4.98 Å². The van der Waals surface area contributed by atoms with Crippen LogP contribution in [0.2, 0.25) is 0 Å². The number of fused-ring (bicyclic) bond motifs is 1. The summed E-state index contributed by atoms with van der Waals surface area (Å²) >= 11 is 0. The molecular weight excluding hydrogens is 200 g/mol. The van der Waals surface area contributed by atoms with Gasteiger partial charge >= 0.3 is 0 Å². The number of H-pyrrole nitrogens is 1. The van der Waals surface area contributed by atoms with E-state index < -0.39 is 0 Å². The van der Waals surface area contributed by atoms with Gasteiger partial charge in [-0.25, -0.2) is 0 Å². The number of nitrogens with two attached hydrogens (primary N) is 1. The summed E-state index contributed by atoms with van der Waals surface area (Å²) < 4.78 is 0. The molecule has 0 fully saturated rings. The lowest BCUT2D eigenvalue weighted by Crippen LogP contribution is -2.15. The average molecular weight is 211 g/mol. The molecule has 0 unspecified atom stereocenters. The van der Waals surface area contributed by atoms with E-state index in [1.54, 1.807) is 0 Å². The van der Waals surface area contributed by atoms with Crippen molar-refractivity contribution in [1.82, 2.24) is 4.98 Å². The molecule has 0 aliphatic heterocycles. The Bertz CT molecular complexity index is 493. The molecule has 3 nitrogen and oxygen atoms in total. The molecule has 1 aromatic heterocycles. The van der Waals surface area contributed by atoms with Crippen LogP contribution >= 0.6 is 12.4 Å². The van der Waals surface area contributed by atoms with Gasteiger partial charge in [-0.2, -0.15) is 0 Å². The molecule has 0 radical (unpaired) electrons. The van der Waals surface area contributed by atoms with E-state index in [4.69, 9.17) is 5.73 Å². The highest BCUT2D eigenvalue weighted by atomic mass is 35.5. The SMILES string of the molecule is Cl.NCc1cc2ccccc2[nH]c1=O. The van der Waals surface area contributed by atoms with Crippen molar-refractivity contribution in [3.63, 3.8) is 0 Å². The monoisotopic (exact) mass is 210 g/mol. The summed E-state index contributed by atoms with van der Waals surface area (Å²) in [5.74, 6) is 0. The molecule has 4 heteroatoms. The summed E-state index contributed by atoms with van der Waals surface area (Å²) in [5, 5.41) is 1.02. The van der Waals surface area contributed by atoms with Gasteiger partial charge in [-0.05, 0) is 17.5 Å². The minimum absolute atomic E-state index is 0. The van der Waals surface area contributed by atoms with Crippen LogP contribution in [0.4, 0.5) is 0 Å². The molecule has 74 valence electrons. The summed E-state index contributed by atoms with van der Waals surface area (Å²) in [7, 11) is 0. The molecule has 0 atom stereocenters. The second kappa shape index (κ2) is 4.26. The van der Waals surface area contributed by atoms with E-state index >= 15 is 0 Å². The quantitative estimate of drug-likeness (QED) is 0.748. The van der Waals surface area contributed by atoms with Crippen LogP contribution < -0.4 is 11.3 Å². The fourth-order valence-corrected chi connectivity index (χ4v) is 1.34. The van der Waals surface area contributed by atoms with Gasteiger partial charge in [-0.15, -0.1) is 12.4 Å². The predicted molar refractivity (Wildman–Crippen MR) is 59.7 cm³/mol. The summed E-state index contributed by atoms with van der Waals surface area (Å²) in [6.45, 7) is 0.278. The summed E-state index contributed by atoms with van der Waals surface area (Å²) in [6, 6.07) is 9.47. The van der Waals surface area contributed by atoms with Crippen molar-refractivity contribution < 1.29 is 0 Å². The highest BCUT2D eigenvalue weighted by Crippen LogP contribution is 2.09. The van der Waals surface area contributed by atoms with Gasteiger partial charge in [-0.1, -0.05) is 18.2 Å². The minimum atomic E-state index is -0.0961. The number of aromatic amines is 1. The molecule has 0 aliphatic carbocycles. The number of nitrogens with one attached hydrogen (secondary N) is 1.